The first kappa shape index (κ1) is 10.4. The molecule has 2 heteroatoms. The lowest BCUT2D eigenvalue weighted by molar-refractivity contribution is 0.294. The molecule has 0 saturated heterocycles. The van der Waals surface area contributed by atoms with E-state index in [2.05, 4.69) is 18.3 Å². The lowest BCUT2D eigenvalue weighted by atomic mass is 10.2. The van der Waals surface area contributed by atoms with Crippen LogP contribution in [0.25, 0.3) is 0 Å². The predicted octanol–water partition coefficient (Wildman–Crippen LogP) is 1.09. The minimum absolute atomic E-state index is 0.205. The molecule has 0 aromatic rings. The van der Waals surface area contributed by atoms with Crippen molar-refractivity contribution in [3.63, 3.8) is 0 Å². The van der Waals surface area contributed by atoms with Crippen LogP contribution in [0.4, 0.5) is 0 Å². The Bertz CT molecular complexity index is 138. The summed E-state index contributed by atoms with van der Waals surface area (Å²) in [5.41, 5.74) is 1.27. The molecule has 0 rings (SSSR count). The van der Waals surface area contributed by atoms with Crippen LogP contribution in [0.5, 0.6) is 0 Å². The first-order valence-corrected chi connectivity index (χ1v) is 3.91. The second-order valence-electron chi connectivity index (χ2n) is 2.44. The summed E-state index contributed by atoms with van der Waals surface area (Å²) in [7, 11) is 0. The smallest absolute Gasteiger partial charge is 0.0556 e. The first-order chi connectivity index (χ1) is 5.31. The van der Waals surface area contributed by atoms with E-state index in [0.29, 0.717) is 6.54 Å². The number of allylic oxidation sites excluding steroid dienone is 3. The molecule has 0 aromatic carbocycles. The number of hydrogen-bond acceptors (Lipinski definition) is 2. The molecule has 11 heavy (non-hydrogen) atoms. The van der Waals surface area contributed by atoms with Crippen molar-refractivity contribution in [2.45, 2.75) is 13.8 Å². The summed E-state index contributed by atoms with van der Waals surface area (Å²) in [6, 6.07) is 0. The zero-order valence-corrected chi connectivity index (χ0v) is 7.30. The third-order valence-corrected chi connectivity index (χ3v) is 1.27. The quantitative estimate of drug-likeness (QED) is 0.460. The fraction of sp³-hybridized carbons (Fsp3) is 0.556. The van der Waals surface area contributed by atoms with Gasteiger partial charge < -0.3 is 10.4 Å². The van der Waals surface area contributed by atoms with Crippen molar-refractivity contribution in [2.75, 3.05) is 19.7 Å². The Morgan fingerprint density at radius 2 is 2.27 bits per heavy atom. The molecule has 0 saturated carbocycles. The standard InChI is InChI=1S/C9H17NO/c1-3-4-5-9(2)8-10-6-7-11/h3-5,10-11H,6-8H2,1-2H3/b4-3-,9-5+. The predicted molar refractivity (Wildman–Crippen MR) is 48.5 cm³/mol. The molecular weight excluding hydrogens is 138 g/mol. The van der Waals surface area contributed by atoms with Crippen LogP contribution in [-0.4, -0.2) is 24.8 Å². The highest BCUT2D eigenvalue weighted by atomic mass is 16.3. The van der Waals surface area contributed by atoms with Crippen LogP contribution in [0, 0.1) is 0 Å². The van der Waals surface area contributed by atoms with Crippen LogP contribution in [0.2, 0.25) is 0 Å². The molecule has 2 nitrogen and oxygen atoms in total. The van der Waals surface area contributed by atoms with E-state index in [1.165, 1.54) is 5.57 Å². The van der Waals surface area contributed by atoms with Gasteiger partial charge in [0.25, 0.3) is 0 Å². The Kier molecular flexibility index (Phi) is 7.10. The Morgan fingerprint density at radius 3 is 2.82 bits per heavy atom. The van der Waals surface area contributed by atoms with Crippen molar-refractivity contribution >= 4 is 0 Å². The van der Waals surface area contributed by atoms with Gasteiger partial charge in [0.1, 0.15) is 0 Å². The maximum absolute atomic E-state index is 8.46. The normalized spacial score (nSPS) is 12.8. The number of nitrogens with one attached hydrogen (secondary N) is 1. The Morgan fingerprint density at radius 1 is 1.55 bits per heavy atom. The van der Waals surface area contributed by atoms with Gasteiger partial charge in [0.15, 0.2) is 0 Å². The van der Waals surface area contributed by atoms with Gasteiger partial charge in [-0.25, -0.2) is 0 Å². The van der Waals surface area contributed by atoms with Crippen LogP contribution in [0.1, 0.15) is 13.8 Å². The van der Waals surface area contributed by atoms with Crippen LogP contribution in [0.15, 0.2) is 23.8 Å². The molecule has 0 fully saturated rings. The van der Waals surface area contributed by atoms with Gasteiger partial charge in [-0.1, -0.05) is 23.8 Å². The highest BCUT2D eigenvalue weighted by Crippen LogP contribution is 1.89. The molecule has 0 aromatic heterocycles. The Balaban J connectivity index is 3.42. The maximum atomic E-state index is 8.46. The number of aliphatic hydroxyl groups excluding tert-OH is 1. The lowest BCUT2D eigenvalue weighted by Crippen LogP contribution is -2.19. The van der Waals surface area contributed by atoms with E-state index in [4.69, 9.17) is 5.11 Å². The van der Waals surface area contributed by atoms with E-state index in [1.807, 2.05) is 19.1 Å². The Labute approximate surface area is 68.6 Å². The summed E-state index contributed by atoms with van der Waals surface area (Å²) in [6.07, 6.45) is 6.07. The van der Waals surface area contributed by atoms with E-state index in [0.717, 1.165) is 6.54 Å². The molecule has 0 spiro atoms. The van der Waals surface area contributed by atoms with Gasteiger partial charge in [0, 0.05) is 13.1 Å². The van der Waals surface area contributed by atoms with E-state index in [1.54, 1.807) is 0 Å². The summed E-state index contributed by atoms with van der Waals surface area (Å²) in [6.45, 7) is 5.78. The fourth-order valence-electron chi connectivity index (χ4n) is 0.684. The van der Waals surface area contributed by atoms with Crippen molar-refractivity contribution in [3.8, 4) is 0 Å². The van der Waals surface area contributed by atoms with Crippen molar-refractivity contribution < 1.29 is 5.11 Å². The topological polar surface area (TPSA) is 32.3 Å². The van der Waals surface area contributed by atoms with Gasteiger partial charge in [0.05, 0.1) is 6.61 Å². The van der Waals surface area contributed by atoms with Crippen LogP contribution in [0.3, 0.4) is 0 Å². The average Bonchev–Trinajstić information content (AvgIpc) is 2.01. The summed E-state index contributed by atoms with van der Waals surface area (Å²) in [5.74, 6) is 0. The molecule has 0 heterocycles. The van der Waals surface area contributed by atoms with Gasteiger partial charge in [-0.3, -0.25) is 0 Å². The molecule has 0 aliphatic carbocycles. The van der Waals surface area contributed by atoms with E-state index in [9.17, 15) is 0 Å². The summed E-state index contributed by atoms with van der Waals surface area (Å²) >= 11 is 0. The molecule has 0 amide bonds. The second kappa shape index (κ2) is 7.51. The lowest BCUT2D eigenvalue weighted by Gasteiger charge is -2.00. The molecular formula is C9H17NO. The molecule has 0 aliphatic rings. The van der Waals surface area contributed by atoms with Crippen LogP contribution in [-0.2, 0) is 0 Å². The largest absolute Gasteiger partial charge is 0.395 e. The zero-order chi connectivity index (χ0) is 8.53. The molecule has 0 radical (unpaired) electrons. The summed E-state index contributed by atoms with van der Waals surface area (Å²) in [5, 5.41) is 11.6. The number of rotatable bonds is 5. The van der Waals surface area contributed by atoms with Crippen molar-refractivity contribution in [3.05, 3.63) is 23.8 Å². The third-order valence-electron chi connectivity index (χ3n) is 1.27. The van der Waals surface area contributed by atoms with E-state index >= 15 is 0 Å². The number of hydrogen-bond donors (Lipinski definition) is 2. The molecule has 0 unspecified atom stereocenters. The minimum atomic E-state index is 0.205. The highest BCUT2D eigenvalue weighted by Gasteiger charge is 1.85. The summed E-state index contributed by atoms with van der Waals surface area (Å²) < 4.78 is 0. The van der Waals surface area contributed by atoms with Gasteiger partial charge in [-0.05, 0) is 13.8 Å². The monoisotopic (exact) mass is 155 g/mol. The number of aliphatic hydroxyl groups is 1. The van der Waals surface area contributed by atoms with Crippen LogP contribution >= 0.6 is 0 Å². The van der Waals surface area contributed by atoms with Gasteiger partial charge >= 0.3 is 0 Å². The molecule has 2 N–H and O–H groups in total. The zero-order valence-electron chi connectivity index (χ0n) is 7.30. The maximum Gasteiger partial charge on any atom is 0.0556 e. The molecule has 64 valence electrons. The van der Waals surface area contributed by atoms with Crippen molar-refractivity contribution in [1.82, 2.24) is 5.32 Å². The van der Waals surface area contributed by atoms with Gasteiger partial charge in [-0.2, -0.15) is 0 Å². The minimum Gasteiger partial charge on any atom is -0.395 e. The van der Waals surface area contributed by atoms with Crippen molar-refractivity contribution in [2.24, 2.45) is 0 Å². The second-order valence-corrected chi connectivity index (χ2v) is 2.44. The highest BCUT2D eigenvalue weighted by molar-refractivity contribution is 5.10. The fourth-order valence-corrected chi connectivity index (χ4v) is 0.684. The third kappa shape index (κ3) is 7.30. The molecule has 0 bridgehead atoms. The van der Waals surface area contributed by atoms with Gasteiger partial charge in [0.2, 0.25) is 0 Å². The Hall–Kier alpha value is -0.600. The SMILES string of the molecule is C/C=C\C=C(/C)CNCCO. The van der Waals surface area contributed by atoms with Crippen molar-refractivity contribution in [1.29, 1.82) is 0 Å². The first-order valence-electron chi connectivity index (χ1n) is 3.91. The molecule has 0 aliphatic heterocycles. The molecule has 0 atom stereocenters. The van der Waals surface area contributed by atoms with E-state index < -0.39 is 0 Å². The van der Waals surface area contributed by atoms with E-state index in [-0.39, 0.29) is 6.61 Å². The average molecular weight is 155 g/mol. The summed E-state index contributed by atoms with van der Waals surface area (Å²) in [4.78, 5) is 0. The van der Waals surface area contributed by atoms with Crippen LogP contribution < -0.4 is 5.32 Å². The van der Waals surface area contributed by atoms with Gasteiger partial charge in [-0.15, -0.1) is 0 Å².